The summed E-state index contributed by atoms with van der Waals surface area (Å²) in [7, 11) is 3.19. The van der Waals surface area contributed by atoms with Crippen molar-refractivity contribution >= 4 is 22.7 Å². The van der Waals surface area contributed by atoms with E-state index in [0.717, 1.165) is 16.6 Å². The SMILES string of the molecule is COC(=O)CC(=O)c1c(C)n(C)c2ccccc12. The van der Waals surface area contributed by atoms with Gasteiger partial charge in [0.15, 0.2) is 5.78 Å². The molecule has 94 valence electrons. The standard InChI is InChI=1S/C14H15NO3/c1-9-14(12(16)8-13(17)18-3)10-6-4-5-7-11(10)15(9)2/h4-7H,8H2,1-3H3. The average molecular weight is 245 g/mol. The van der Waals surface area contributed by atoms with Gasteiger partial charge in [-0.3, -0.25) is 9.59 Å². The number of carbonyl (C=O) groups is 2. The van der Waals surface area contributed by atoms with Crippen LogP contribution >= 0.6 is 0 Å². The first kappa shape index (κ1) is 12.4. The molecule has 0 amide bonds. The molecule has 1 heterocycles. The molecular formula is C14H15NO3. The number of aromatic nitrogens is 1. The maximum absolute atomic E-state index is 12.1. The van der Waals surface area contributed by atoms with Crippen LogP contribution in [0.5, 0.6) is 0 Å². The minimum atomic E-state index is -0.507. The monoisotopic (exact) mass is 245 g/mol. The number of aryl methyl sites for hydroxylation is 1. The number of methoxy groups -OCH3 is 1. The Kier molecular flexibility index (Phi) is 3.19. The molecule has 2 rings (SSSR count). The summed E-state index contributed by atoms with van der Waals surface area (Å²) in [6.07, 6.45) is -0.217. The van der Waals surface area contributed by atoms with E-state index in [4.69, 9.17) is 0 Å². The van der Waals surface area contributed by atoms with Crippen molar-refractivity contribution in [3.8, 4) is 0 Å². The van der Waals surface area contributed by atoms with Crippen LogP contribution < -0.4 is 0 Å². The third-order valence-corrected chi connectivity index (χ3v) is 3.21. The Hall–Kier alpha value is -2.10. The van der Waals surface area contributed by atoms with Gasteiger partial charge in [0.05, 0.1) is 7.11 Å². The fraction of sp³-hybridized carbons (Fsp3) is 0.286. The van der Waals surface area contributed by atoms with E-state index in [1.165, 1.54) is 7.11 Å². The van der Waals surface area contributed by atoms with Gasteiger partial charge >= 0.3 is 5.97 Å². The van der Waals surface area contributed by atoms with E-state index in [9.17, 15) is 9.59 Å². The van der Waals surface area contributed by atoms with E-state index in [2.05, 4.69) is 4.74 Å². The first-order valence-electron chi connectivity index (χ1n) is 5.70. The Morgan fingerprint density at radius 1 is 1.28 bits per heavy atom. The molecule has 0 spiro atoms. The highest BCUT2D eigenvalue weighted by Crippen LogP contribution is 2.25. The zero-order valence-corrected chi connectivity index (χ0v) is 10.7. The fourth-order valence-electron chi connectivity index (χ4n) is 2.16. The van der Waals surface area contributed by atoms with E-state index >= 15 is 0 Å². The van der Waals surface area contributed by atoms with Crippen molar-refractivity contribution in [1.82, 2.24) is 4.57 Å². The fourth-order valence-corrected chi connectivity index (χ4v) is 2.16. The Labute approximate surface area is 105 Å². The lowest BCUT2D eigenvalue weighted by Crippen LogP contribution is -2.10. The van der Waals surface area contributed by atoms with Gasteiger partial charge in [-0.1, -0.05) is 18.2 Å². The zero-order chi connectivity index (χ0) is 13.3. The van der Waals surface area contributed by atoms with Gasteiger partial charge in [-0.2, -0.15) is 0 Å². The summed E-state index contributed by atoms with van der Waals surface area (Å²) in [5.74, 6) is -0.705. The van der Waals surface area contributed by atoms with Crippen LogP contribution in [0.1, 0.15) is 22.5 Å². The molecule has 0 saturated heterocycles. The van der Waals surface area contributed by atoms with Gasteiger partial charge in [-0.25, -0.2) is 0 Å². The summed E-state index contributed by atoms with van der Waals surface area (Å²) >= 11 is 0. The van der Waals surface area contributed by atoms with E-state index in [0.29, 0.717) is 5.56 Å². The molecule has 0 fully saturated rings. The van der Waals surface area contributed by atoms with Gasteiger partial charge in [-0.05, 0) is 13.0 Å². The summed E-state index contributed by atoms with van der Waals surface area (Å²) in [5, 5.41) is 0.881. The second-order valence-electron chi connectivity index (χ2n) is 4.21. The number of nitrogens with zero attached hydrogens (tertiary/aromatic N) is 1. The number of fused-ring (bicyclic) bond motifs is 1. The summed E-state index contributed by atoms with van der Waals surface area (Å²) in [6.45, 7) is 1.88. The van der Waals surface area contributed by atoms with Crippen molar-refractivity contribution in [2.45, 2.75) is 13.3 Å². The molecule has 0 N–H and O–H groups in total. The second-order valence-corrected chi connectivity index (χ2v) is 4.21. The van der Waals surface area contributed by atoms with E-state index in [1.807, 2.05) is 42.8 Å². The summed E-state index contributed by atoms with van der Waals surface area (Å²) in [5.41, 5.74) is 2.46. The summed E-state index contributed by atoms with van der Waals surface area (Å²) in [4.78, 5) is 23.3. The molecule has 0 unspecified atom stereocenters. The number of benzene rings is 1. The Morgan fingerprint density at radius 3 is 2.61 bits per heavy atom. The molecule has 18 heavy (non-hydrogen) atoms. The smallest absolute Gasteiger partial charge is 0.313 e. The van der Waals surface area contributed by atoms with Gasteiger partial charge in [0.25, 0.3) is 0 Å². The zero-order valence-electron chi connectivity index (χ0n) is 10.7. The number of Topliss-reactive ketones (excluding diaryl/α,β-unsaturated/α-hetero) is 1. The minimum Gasteiger partial charge on any atom is -0.469 e. The lowest BCUT2D eigenvalue weighted by Gasteiger charge is -2.01. The number of para-hydroxylation sites is 1. The van der Waals surface area contributed by atoms with Crippen molar-refractivity contribution < 1.29 is 14.3 Å². The van der Waals surface area contributed by atoms with Crippen LogP contribution in [0.3, 0.4) is 0 Å². The normalized spacial score (nSPS) is 10.6. The number of carbonyl (C=O) groups excluding carboxylic acids is 2. The van der Waals surface area contributed by atoms with Crippen molar-refractivity contribution in [2.24, 2.45) is 7.05 Å². The largest absolute Gasteiger partial charge is 0.469 e. The van der Waals surface area contributed by atoms with Gasteiger partial charge < -0.3 is 9.30 Å². The van der Waals surface area contributed by atoms with Crippen LogP contribution in [0.4, 0.5) is 0 Å². The highest BCUT2D eigenvalue weighted by Gasteiger charge is 2.20. The average Bonchev–Trinajstić information content (AvgIpc) is 2.62. The van der Waals surface area contributed by atoms with Gasteiger partial charge in [-0.15, -0.1) is 0 Å². The van der Waals surface area contributed by atoms with E-state index in [1.54, 1.807) is 0 Å². The van der Waals surface area contributed by atoms with E-state index < -0.39 is 5.97 Å². The molecule has 4 heteroatoms. The second kappa shape index (κ2) is 4.64. The highest BCUT2D eigenvalue weighted by atomic mass is 16.5. The molecule has 0 bridgehead atoms. The van der Waals surface area contributed by atoms with Crippen molar-refractivity contribution in [2.75, 3.05) is 7.11 Å². The van der Waals surface area contributed by atoms with Crippen molar-refractivity contribution in [3.63, 3.8) is 0 Å². The maximum atomic E-state index is 12.1. The molecule has 0 radical (unpaired) electrons. The third-order valence-electron chi connectivity index (χ3n) is 3.21. The highest BCUT2D eigenvalue weighted by molar-refractivity contribution is 6.14. The molecular weight excluding hydrogens is 230 g/mol. The number of ketones is 1. The van der Waals surface area contributed by atoms with Crippen LogP contribution in [0.25, 0.3) is 10.9 Å². The maximum Gasteiger partial charge on any atom is 0.313 e. The topological polar surface area (TPSA) is 48.3 Å². The van der Waals surface area contributed by atoms with Gasteiger partial charge in [0, 0.05) is 29.2 Å². The molecule has 1 aromatic carbocycles. The molecule has 0 aliphatic heterocycles. The number of ether oxygens (including phenoxy) is 1. The van der Waals surface area contributed by atoms with Crippen LogP contribution in [-0.4, -0.2) is 23.4 Å². The summed E-state index contributed by atoms with van der Waals surface area (Å²) < 4.78 is 6.49. The molecule has 1 aromatic heterocycles. The van der Waals surface area contributed by atoms with Crippen LogP contribution in [-0.2, 0) is 16.6 Å². The van der Waals surface area contributed by atoms with Gasteiger partial charge in [0.2, 0.25) is 0 Å². The quantitative estimate of drug-likeness (QED) is 0.473. The first-order valence-corrected chi connectivity index (χ1v) is 5.70. The number of hydrogen-bond donors (Lipinski definition) is 0. The molecule has 2 aromatic rings. The molecule has 4 nitrogen and oxygen atoms in total. The number of esters is 1. The summed E-state index contributed by atoms with van der Waals surface area (Å²) in [6, 6.07) is 7.66. The lowest BCUT2D eigenvalue weighted by molar-refractivity contribution is -0.139. The predicted octanol–water partition coefficient (Wildman–Crippen LogP) is 2.23. The van der Waals surface area contributed by atoms with Crippen LogP contribution in [0.2, 0.25) is 0 Å². The minimum absolute atomic E-state index is 0.198. The molecule has 0 atom stereocenters. The number of rotatable bonds is 3. The number of hydrogen-bond acceptors (Lipinski definition) is 3. The lowest BCUT2D eigenvalue weighted by atomic mass is 10.0. The Morgan fingerprint density at radius 2 is 1.94 bits per heavy atom. The Bertz CT molecular complexity index is 625. The van der Waals surface area contributed by atoms with E-state index in [-0.39, 0.29) is 12.2 Å². The van der Waals surface area contributed by atoms with Crippen molar-refractivity contribution in [3.05, 3.63) is 35.5 Å². The third kappa shape index (κ3) is 1.90. The van der Waals surface area contributed by atoms with Crippen LogP contribution in [0, 0.1) is 6.92 Å². The predicted molar refractivity (Wildman–Crippen MR) is 68.6 cm³/mol. The molecule has 0 saturated carbocycles. The van der Waals surface area contributed by atoms with Crippen LogP contribution in [0.15, 0.2) is 24.3 Å². The molecule has 0 aliphatic rings. The molecule has 0 aliphatic carbocycles. The van der Waals surface area contributed by atoms with Gasteiger partial charge in [0.1, 0.15) is 6.42 Å². The first-order chi connectivity index (χ1) is 8.56. The Balaban J connectivity index is 2.54. The van der Waals surface area contributed by atoms with Crippen molar-refractivity contribution in [1.29, 1.82) is 0 Å².